The van der Waals surface area contributed by atoms with Gasteiger partial charge in [-0.1, -0.05) is 18.2 Å². The van der Waals surface area contributed by atoms with Gasteiger partial charge in [-0.2, -0.15) is 0 Å². The van der Waals surface area contributed by atoms with Gasteiger partial charge in [-0.25, -0.2) is 0 Å². The minimum Gasteiger partial charge on any atom is -0.389 e. The average Bonchev–Trinajstić information content (AvgIpc) is 2.52. The van der Waals surface area contributed by atoms with Gasteiger partial charge in [0.05, 0.1) is 5.60 Å². The lowest BCUT2D eigenvalue weighted by Crippen LogP contribution is -2.54. The van der Waals surface area contributed by atoms with Crippen molar-refractivity contribution in [3.05, 3.63) is 35.9 Å². The first kappa shape index (κ1) is 17.5. The molecule has 0 radical (unpaired) electrons. The molecule has 5 nitrogen and oxygen atoms in total. The van der Waals surface area contributed by atoms with Gasteiger partial charge in [0.2, 0.25) is 5.91 Å². The molecule has 1 fully saturated rings. The molecule has 1 aromatic carbocycles. The minimum absolute atomic E-state index is 0.0969. The summed E-state index contributed by atoms with van der Waals surface area (Å²) < 4.78 is 0. The van der Waals surface area contributed by atoms with Crippen LogP contribution in [-0.4, -0.2) is 58.5 Å². The second-order valence-electron chi connectivity index (χ2n) is 6.88. The number of likely N-dealkylation sites (tertiary alicyclic amines) is 1. The van der Waals surface area contributed by atoms with Crippen molar-refractivity contribution in [2.24, 2.45) is 0 Å². The summed E-state index contributed by atoms with van der Waals surface area (Å²) in [7, 11) is 1.68. The SMILES string of the molecule is CN(CC(C)(C)O)C(=O)C1CCCCN1C(=O)c1ccccc1. The van der Waals surface area contributed by atoms with E-state index in [0.29, 0.717) is 18.5 Å². The lowest BCUT2D eigenvalue weighted by Gasteiger charge is -2.38. The monoisotopic (exact) mass is 318 g/mol. The number of carbonyl (C=O) groups excluding carboxylic acids is 2. The zero-order valence-corrected chi connectivity index (χ0v) is 14.2. The van der Waals surface area contributed by atoms with Crippen LogP contribution < -0.4 is 0 Å². The maximum absolute atomic E-state index is 12.7. The molecular weight excluding hydrogens is 292 g/mol. The van der Waals surface area contributed by atoms with Crippen molar-refractivity contribution in [3.63, 3.8) is 0 Å². The molecule has 1 saturated heterocycles. The lowest BCUT2D eigenvalue weighted by molar-refractivity contribution is -0.138. The molecule has 1 aromatic rings. The number of carbonyl (C=O) groups is 2. The number of likely N-dealkylation sites (N-methyl/N-ethyl adjacent to an activating group) is 1. The molecular formula is C18H26N2O3. The summed E-state index contributed by atoms with van der Waals surface area (Å²) in [5, 5.41) is 9.91. The van der Waals surface area contributed by atoms with E-state index in [1.54, 1.807) is 37.9 Å². The molecule has 1 heterocycles. The highest BCUT2D eigenvalue weighted by Crippen LogP contribution is 2.22. The predicted octanol–water partition coefficient (Wildman–Crippen LogP) is 1.91. The molecule has 0 saturated carbocycles. The van der Waals surface area contributed by atoms with E-state index in [4.69, 9.17) is 0 Å². The molecule has 23 heavy (non-hydrogen) atoms. The number of benzene rings is 1. The van der Waals surface area contributed by atoms with Crippen molar-refractivity contribution in [1.29, 1.82) is 0 Å². The van der Waals surface area contributed by atoms with Gasteiger partial charge in [-0.15, -0.1) is 0 Å². The van der Waals surface area contributed by atoms with E-state index in [1.165, 1.54) is 4.90 Å². The molecule has 1 unspecified atom stereocenters. The third-order valence-electron chi connectivity index (χ3n) is 4.07. The minimum atomic E-state index is -0.951. The summed E-state index contributed by atoms with van der Waals surface area (Å²) >= 11 is 0. The average molecular weight is 318 g/mol. The van der Waals surface area contributed by atoms with Gasteiger partial charge in [-0.05, 0) is 45.2 Å². The molecule has 0 bridgehead atoms. The van der Waals surface area contributed by atoms with Crippen LogP contribution in [0.5, 0.6) is 0 Å². The van der Waals surface area contributed by atoms with Crippen molar-refractivity contribution < 1.29 is 14.7 Å². The topological polar surface area (TPSA) is 60.9 Å². The van der Waals surface area contributed by atoms with Crippen LogP contribution >= 0.6 is 0 Å². The Morgan fingerprint density at radius 2 is 1.91 bits per heavy atom. The van der Waals surface area contributed by atoms with Gasteiger partial charge in [0.25, 0.3) is 5.91 Å². The second kappa shape index (κ2) is 7.13. The summed E-state index contributed by atoms with van der Waals surface area (Å²) in [5.74, 6) is -0.198. The third-order valence-corrected chi connectivity index (χ3v) is 4.07. The summed E-state index contributed by atoms with van der Waals surface area (Å²) in [4.78, 5) is 28.7. The van der Waals surface area contributed by atoms with E-state index in [-0.39, 0.29) is 18.4 Å². The standard InChI is InChI=1S/C18H26N2O3/c1-18(2,23)13-19(3)17(22)15-11-7-8-12-20(15)16(21)14-9-5-4-6-10-14/h4-6,9-10,15,23H,7-8,11-13H2,1-3H3. The number of piperidine rings is 1. The van der Waals surface area contributed by atoms with Crippen molar-refractivity contribution in [2.75, 3.05) is 20.1 Å². The quantitative estimate of drug-likeness (QED) is 0.922. The first-order chi connectivity index (χ1) is 10.8. The molecule has 1 aliphatic heterocycles. The van der Waals surface area contributed by atoms with Crippen LogP contribution in [0.4, 0.5) is 0 Å². The lowest BCUT2D eigenvalue weighted by atomic mass is 9.99. The first-order valence-corrected chi connectivity index (χ1v) is 8.13. The summed E-state index contributed by atoms with van der Waals surface area (Å²) in [6, 6.07) is 8.64. The summed E-state index contributed by atoms with van der Waals surface area (Å²) in [5.41, 5.74) is -0.342. The van der Waals surface area contributed by atoms with Crippen molar-refractivity contribution in [1.82, 2.24) is 9.80 Å². The van der Waals surface area contributed by atoms with Gasteiger partial charge in [0.1, 0.15) is 6.04 Å². The molecule has 1 atom stereocenters. The highest BCUT2D eigenvalue weighted by atomic mass is 16.3. The zero-order chi connectivity index (χ0) is 17.0. The smallest absolute Gasteiger partial charge is 0.254 e. The van der Waals surface area contributed by atoms with Gasteiger partial charge < -0.3 is 14.9 Å². The Bertz CT molecular complexity index is 551. The molecule has 1 aliphatic rings. The normalized spacial score (nSPS) is 18.6. The van der Waals surface area contributed by atoms with Crippen LogP contribution in [0, 0.1) is 0 Å². The van der Waals surface area contributed by atoms with E-state index in [2.05, 4.69) is 0 Å². The van der Waals surface area contributed by atoms with Crippen molar-refractivity contribution in [2.45, 2.75) is 44.8 Å². The largest absolute Gasteiger partial charge is 0.389 e. The number of hydrogen-bond donors (Lipinski definition) is 1. The van der Waals surface area contributed by atoms with Gasteiger partial charge in [0.15, 0.2) is 0 Å². The maximum Gasteiger partial charge on any atom is 0.254 e. The summed E-state index contributed by atoms with van der Waals surface area (Å²) in [6.07, 6.45) is 2.52. The predicted molar refractivity (Wildman–Crippen MR) is 89.1 cm³/mol. The Kier molecular flexibility index (Phi) is 5.42. The van der Waals surface area contributed by atoms with Crippen LogP contribution in [-0.2, 0) is 4.79 Å². The van der Waals surface area contributed by atoms with Crippen molar-refractivity contribution in [3.8, 4) is 0 Å². The van der Waals surface area contributed by atoms with E-state index in [1.807, 2.05) is 18.2 Å². The van der Waals surface area contributed by atoms with Crippen LogP contribution in [0.3, 0.4) is 0 Å². The fourth-order valence-corrected chi connectivity index (χ4v) is 3.09. The van der Waals surface area contributed by atoms with Crippen LogP contribution in [0.25, 0.3) is 0 Å². The van der Waals surface area contributed by atoms with Gasteiger partial charge >= 0.3 is 0 Å². The molecule has 126 valence electrons. The molecule has 1 N–H and O–H groups in total. The number of hydrogen-bond acceptors (Lipinski definition) is 3. The third kappa shape index (κ3) is 4.55. The Hall–Kier alpha value is -1.88. The fraction of sp³-hybridized carbons (Fsp3) is 0.556. The Morgan fingerprint density at radius 1 is 1.26 bits per heavy atom. The number of rotatable bonds is 4. The zero-order valence-electron chi connectivity index (χ0n) is 14.2. The van der Waals surface area contributed by atoms with E-state index >= 15 is 0 Å². The number of nitrogens with zero attached hydrogens (tertiary/aromatic N) is 2. The van der Waals surface area contributed by atoms with Crippen LogP contribution in [0.1, 0.15) is 43.5 Å². The van der Waals surface area contributed by atoms with Crippen LogP contribution in [0.2, 0.25) is 0 Å². The molecule has 5 heteroatoms. The Labute approximate surface area is 137 Å². The number of amides is 2. The Balaban J connectivity index is 2.15. The van der Waals surface area contributed by atoms with Crippen molar-refractivity contribution >= 4 is 11.8 Å². The van der Waals surface area contributed by atoms with E-state index < -0.39 is 11.6 Å². The molecule has 0 aliphatic carbocycles. The molecule has 2 rings (SSSR count). The Morgan fingerprint density at radius 3 is 2.52 bits per heavy atom. The highest BCUT2D eigenvalue weighted by Gasteiger charge is 2.35. The maximum atomic E-state index is 12.7. The molecule has 2 amide bonds. The molecule has 0 aromatic heterocycles. The summed E-state index contributed by atoms with van der Waals surface area (Å²) in [6.45, 7) is 4.19. The van der Waals surface area contributed by atoms with Gasteiger partial charge in [0, 0.05) is 25.7 Å². The number of aliphatic hydroxyl groups is 1. The second-order valence-corrected chi connectivity index (χ2v) is 6.88. The molecule has 0 spiro atoms. The highest BCUT2D eigenvalue weighted by molar-refractivity contribution is 5.97. The fourth-order valence-electron chi connectivity index (χ4n) is 3.09. The van der Waals surface area contributed by atoms with Crippen LogP contribution in [0.15, 0.2) is 30.3 Å². The van der Waals surface area contributed by atoms with E-state index in [0.717, 1.165) is 12.8 Å². The van der Waals surface area contributed by atoms with E-state index in [9.17, 15) is 14.7 Å². The van der Waals surface area contributed by atoms with Gasteiger partial charge in [-0.3, -0.25) is 9.59 Å². The first-order valence-electron chi connectivity index (χ1n) is 8.13.